The Morgan fingerprint density at radius 1 is 1.17 bits per heavy atom. The van der Waals surface area contributed by atoms with E-state index in [2.05, 4.69) is 5.32 Å². The summed E-state index contributed by atoms with van der Waals surface area (Å²) in [6, 6.07) is 4.46. The van der Waals surface area contributed by atoms with E-state index in [0.717, 1.165) is 6.42 Å². The number of nitrogens with one attached hydrogen (secondary N) is 1. The molecule has 0 aromatic heterocycles. The maximum Gasteiger partial charge on any atom is 0.317 e. The van der Waals surface area contributed by atoms with Crippen LogP contribution in [0, 0.1) is 0 Å². The number of hydrogen-bond donors (Lipinski definition) is 1. The van der Waals surface area contributed by atoms with Crippen LogP contribution in [0.3, 0.4) is 0 Å². The van der Waals surface area contributed by atoms with E-state index in [4.69, 9.17) is 9.47 Å². The highest BCUT2D eigenvalue weighted by atomic mass is 32.2. The summed E-state index contributed by atoms with van der Waals surface area (Å²) in [5.41, 5.74) is 0. The van der Waals surface area contributed by atoms with E-state index in [0.29, 0.717) is 31.1 Å². The van der Waals surface area contributed by atoms with Crippen LogP contribution in [0.4, 0.5) is 4.79 Å². The summed E-state index contributed by atoms with van der Waals surface area (Å²) in [6.07, 6.45) is 0.865. The highest BCUT2D eigenvalue weighted by Gasteiger charge is 2.31. The van der Waals surface area contributed by atoms with Gasteiger partial charge in [-0.25, -0.2) is 13.2 Å². The van der Waals surface area contributed by atoms with Crippen LogP contribution in [0.1, 0.15) is 13.3 Å². The van der Waals surface area contributed by atoms with Gasteiger partial charge >= 0.3 is 6.03 Å². The van der Waals surface area contributed by atoms with Gasteiger partial charge < -0.3 is 19.7 Å². The third-order valence-electron chi connectivity index (χ3n) is 4.03. The first-order chi connectivity index (χ1) is 11.5. The van der Waals surface area contributed by atoms with Crippen LogP contribution < -0.4 is 14.8 Å². The SMILES string of the molecule is CCCNC(=O)N1CCN(S(=O)(=O)c2ccc3c(c2)OCO3)CC1. The van der Waals surface area contributed by atoms with Gasteiger partial charge in [-0.15, -0.1) is 0 Å². The zero-order chi connectivity index (χ0) is 17.2. The number of fused-ring (bicyclic) bond motifs is 1. The van der Waals surface area contributed by atoms with Crippen molar-refractivity contribution in [1.82, 2.24) is 14.5 Å². The van der Waals surface area contributed by atoms with E-state index < -0.39 is 10.0 Å². The Morgan fingerprint density at radius 3 is 2.58 bits per heavy atom. The van der Waals surface area contributed by atoms with E-state index in [1.54, 1.807) is 11.0 Å². The molecule has 1 saturated heterocycles. The second kappa shape index (κ2) is 6.86. The molecule has 0 spiro atoms. The Kier molecular flexibility index (Phi) is 4.81. The number of benzene rings is 1. The van der Waals surface area contributed by atoms with Gasteiger partial charge in [-0.2, -0.15) is 4.31 Å². The van der Waals surface area contributed by atoms with Crippen LogP contribution >= 0.6 is 0 Å². The molecule has 0 aliphatic carbocycles. The van der Waals surface area contributed by atoms with E-state index in [1.807, 2.05) is 6.92 Å². The number of carbonyl (C=O) groups is 1. The van der Waals surface area contributed by atoms with Crippen molar-refractivity contribution in [2.45, 2.75) is 18.2 Å². The second-order valence-corrected chi connectivity index (χ2v) is 7.58. The highest BCUT2D eigenvalue weighted by molar-refractivity contribution is 7.89. The van der Waals surface area contributed by atoms with Gasteiger partial charge in [0.2, 0.25) is 16.8 Å². The van der Waals surface area contributed by atoms with Gasteiger partial charge in [0.25, 0.3) is 0 Å². The monoisotopic (exact) mass is 355 g/mol. The smallest absolute Gasteiger partial charge is 0.317 e. The molecule has 0 unspecified atom stereocenters. The molecule has 0 saturated carbocycles. The lowest BCUT2D eigenvalue weighted by molar-refractivity contribution is 0.172. The molecule has 0 radical (unpaired) electrons. The molecule has 8 nitrogen and oxygen atoms in total. The number of sulfonamides is 1. The van der Waals surface area contributed by atoms with E-state index in [9.17, 15) is 13.2 Å². The Labute approximate surface area is 141 Å². The summed E-state index contributed by atoms with van der Waals surface area (Å²) in [5.74, 6) is 0.986. The largest absolute Gasteiger partial charge is 0.454 e. The minimum atomic E-state index is -3.61. The Balaban J connectivity index is 1.66. The van der Waals surface area contributed by atoms with Gasteiger partial charge in [-0.05, 0) is 18.6 Å². The van der Waals surface area contributed by atoms with Crippen molar-refractivity contribution in [1.29, 1.82) is 0 Å². The first-order valence-electron chi connectivity index (χ1n) is 7.95. The third-order valence-corrected chi connectivity index (χ3v) is 5.93. The third kappa shape index (κ3) is 3.27. The normalized spacial score (nSPS) is 17.8. The van der Waals surface area contributed by atoms with Crippen LogP contribution in [0.15, 0.2) is 23.1 Å². The maximum absolute atomic E-state index is 12.7. The van der Waals surface area contributed by atoms with Gasteiger partial charge in [0.05, 0.1) is 4.90 Å². The fourth-order valence-corrected chi connectivity index (χ4v) is 4.10. The van der Waals surface area contributed by atoms with Gasteiger partial charge in [-0.1, -0.05) is 6.92 Å². The first kappa shape index (κ1) is 16.8. The number of urea groups is 1. The number of hydrogen-bond acceptors (Lipinski definition) is 5. The standard InChI is InChI=1S/C15H21N3O5S/c1-2-5-16-15(19)17-6-8-18(9-7-17)24(20,21)12-3-4-13-14(10-12)23-11-22-13/h3-4,10H,2,5-9,11H2,1H3,(H,16,19). The summed E-state index contributed by atoms with van der Waals surface area (Å²) >= 11 is 0. The van der Waals surface area contributed by atoms with Crippen molar-refractivity contribution in [3.8, 4) is 11.5 Å². The van der Waals surface area contributed by atoms with Crippen LogP contribution in [0.2, 0.25) is 0 Å². The lowest BCUT2D eigenvalue weighted by Crippen LogP contribution is -2.53. The molecule has 3 rings (SSSR count). The zero-order valence-corrected chi connectivity index (χ0v) is 14.3. The Morgan fingerprint density at radius 2 is 1.88 bits per heavy atom. The number of carbonyl (C=O) groups excluding carboxylic acids is 1. The van der Waals surface area contributed by atoms with Gasteiger partial charge in [0, 0.05) is 38.8 Å². The van der Waals surface area contributed by atoms with E-state index in [-0.39, 0.29) is 30.8 Å². The van der Waals surface area contributed by atoms with Crippen molar-refractivity contribution >= 4 is 16.1 Å². The molecule has 1 fully saturated rings. The molecule has 2 amide bonds. The Bertz CT molecular complexity index is 714. The number of piperazine rings is 1. The molecule has 0 bridgehead atoms. The second-order valence-electron chi connectivity index (χ2n) is 5.64. The van der Waals surface area contributed by atoms with Crippen molar-refractivity contribution in [2.75, 3.05) is 39.5 Å². The molecular weight excluding hydrogens is 334 g/mol. The summed E-state index contributed by atoms with van der Waals surface area (Å²) in [5, 5.41) is 2.80. The maximum atomic E-state index is 12.7. The van der Waals surface area contributed by atoms with Gasteiger partial charge in [0.1, 0.15) is 0 Å². The number of rotatable bonds is 4. The molecule has 1 aromatic rings. The molecular formula is C15H21N3O5S. The van der Waals surface area contributed by atoms with E-state index >= 15 is 0 Å². The predicted molar refractivity (Wildman–Crippen MR) is 86.6 cm³/mol. The lowest BCUT2D eigenvalue weighted by Gasteiger charge is -2.34. The molecule has 1 N–H and O–H groups in total. The predicted octanol–water partition coefficient (Wildman–Crippen LogP) is 0.841. The van der Waals surface area contributed by atoms with Crippen LogP contribution in [0.25, 0.3) is 0 Å². The highest BCUT2D eigenvalue weighted by Crippen LogP contribution is 2.34. The number of ether oxygens (including phenoxy) is 2. The molecule has 0 atom stereocenters. The van der Waals surface area contributed by atoms with Crippen molar-refractivity contribution in [2.24, 2.45) is 0 Å². The van der Waals surface area contributed by atoms with Crippen molar-refractivity contribution < 1.29 is 22.7 Å². The average molecular weight is 355 g/mol. The summed E-state index contributed by atoms with van der Waals surface area (Å²) < 4.78 is 37.3. The van der Waals surface area contributed by atoms with Crippen LogP contribution in [-0.4, -0.2) is 63.2 Å². The fourth-order valence-electron chi connectivity index (χ4n) is 2.66. The summed E-state index contributed by atoms with van der Waals surface area (Å²) in [7, 11) is -3.61. The molecule has 1 aromatic carbocycles. The molecule has 132 valence electrons. The zero-order valence-electron chi connectivity index (χ0n) is 13.5. The first-order valence-corrected chi connectivity index (χ1v) is 9.39. The van der Waals surface area contributed by atoms with Crippen molar-refractivity contribution in [3.05, 3.63) is 18.2 Å². The number of amides is 2. The molecule has 2 aliphatic rings. The molecule has 9 heteroatoms. The fraction of sp³-hybridized carbons (Fsp3) is 0.533. The van der Waals surface area contributed by atoms with Gasteiger partial charge in [-0.3, -0.25) is 0 Å². The summed E-state index contributed by atoms with van der Waals surface area (Å²) in [6.45, 7) is 4.00. The minimum absolute atomic E-state index is 0.102. The quantitative estimate of drug-likeness (QED) is 0.865. The topological polar surface area (TPSA) is 88.2 Å². The Hall–Kier alpha value is -2.00. The van der Waals surface area contributed by atoms with Crippen LogP contribution in [0.5, 0.6) is 11.5 Å². The number of nitrogens with zero attached hydrogens (tertiary/aromatic N) is 2. The summed E-state index contributed by atoms with van der Waals surface area (Å²) in [4.78, 5) is 13.7. The minimum Gasteiger partial charge on any atom is -0.454 e. The average Bonchev–Trinajstić information content (AvgIpc) is 3.07. The lowest BCUT2D eigenvalue weighted by atomic mass is 10.3. The van der Waals surface area contributed by atoms with Crippen molar-refractivity contribution in [3.63, 3.8) is 0 Å². The van der Waals surface area contributed by atoms with Gasteiger partial charge in [0.15, 0.2) is 11.5 Å². The molecule has 2 heterocycles. The molecule has 24 heavy (non-hydrogen) atoms. The van der Waals surface area contributed by atoms with E-state index in [1.165, 1.54) is 16.4 Å². The molecule has 2 aliphatic heterocycles. The van der Waals surface area contributed by atoms with Crippen LogP contribution in [-0.2, 0) is 10.0 Å².